The number of rotatable bonds is 7. The minimum Gasteiger partial charge on any atom is -0.380 e. The molecule has 1 aromatic heterocycles. The van der Waals surface area contributed by atoms with Crippen LogP contribution in [0.3, 0.4) is 0 Å². The smallest absolute Gasteiger partial charge is 0.137 e. The van der Waals surface area contributed by atoms with E-state index >= 15 is 0 Å². The van der Waals surface area contributed by atoms with Gasteiger partial charge in [-0.25, -0.2) is 9.97 Å². The molecule has 1 N–H and O–H groups in total. The maximum absolute atomic E-state index is 5.89. The van der Waals surface area contributed by atoms with Gasteiger partial charge in [0.2, 0.25) is 0 Å². The van der Waals surface area contributed by atoms with E-state index in [-0.39, 0.29) is 0 Å². The molecule has 0 fully saturated rings. The van der Waals surface area contributed by atoms with Crippen LogP contribution in [0.25, 0.3) is 0 Å². The van der Waals surface area contributed by atoms with Crippen LogP contribution in [0, 0.1) is 12.8 Å². The molecule has 0 unspecified atom stereocenters. The van der Waals surface area contributed by atoms with Crippen LogP contribution >= 0.6 is 11.6 Å². The molecule has 0 bridgehead atoms. The summed E-state index contributed by atoms with van der Waals surface area (Å²) in [4.78, 5) is 8.02. The third-order valence-corrected chi connectivity index (χ3v) is 2.78. The van der Waals surface area contributed by atoms with Crippen molar-refractivity contribution >= 4 is 17.4 Å². The fourth-order valence-corrected chi connectivity index (χ4v) is 1.40. The molecule has 0 saturated heterocycles. The number of nitrogens with one attached hydrogen (secondary N) is 1. The molecular weight excluding hydrogens is 238 g/mol. The zero-order valence-electron chi connectivity index (χ0n) is 10.7. The number of hydrogen-bond acceptors (Lipinski definition) is 4. The molecule has 0 aromatic carbocycles. The SMILES string of the molecule is Cc1c(Cl)ncnc1NCCOCCC(C)C. The lowest BCUT2D eigenvalue weighted by Gasteiger charge is -2.09. The van der Waals surface area contributed by atoms with Crippen molar-refractivity contribution in [3.8, 4) is 0 Å². The fourth-order valence-electron chi connectivity index (χ4n) is 1.27. The predicted octanol–water partition coefficient (Wildman–Crippen LogP) is 2.91. The van der Waals surface area contributed by atoms with Gasteiger partial charge in [0.25, 0.3) is 0 Å². The quantitative estimate of drug-likeness (QED) is 0.603. The molecule has 0 aliphatic heterocycles. The second-order valence-corrected chi connectivity index (χ2v) is 4.72. The normalized spacial score (nSPS) is 10.9. The Morgan fingerprint density at radius 2 is 2.12 bits per heavy atom. The zero-order valence-corrected chi connectivity index (χ0v) is 11.4. The van der Waals surface area contributed by atoms with E-state index in [9.17, 15) is 0 Å². The van der Waals surface area contributed by atoms with E-state index in [0.29, 0.717) is 17.7 Å². The highest BCUT2D eigenvalue weighted by Gasteiger charge is 2.03. The second kappa shape index (κ2) is 7.45. The minimum absolute atomic E-state index is 0.489. The van der Waals surface area contributed by atoms with E-state index < -0.39 is 0 Å². The summed E-state index contributed by atoms with van der Waals surface area (Å²) in [5, 5.41) is 3.67. The predicted molar refractivity (Wildman–Crippen MR) is 70.5 cm³/mol. The summed E-state index contributed by atoms with van der Waals surface area (Å²) in [6.07, 6.45) is 2.55. The average molecular weight is 258 g/mol. The Morgan fingerprint density at radius 1 is 1.35 bits per heavy atom. The highest BCUT2D eigenvalue weighted by molar-refractivity contribution is 6.30. The second-order valence-electron chi connectivity index (χ2n) is 4.36. The largest absolute Gasteiger partial charge is 0.380 e. The first-order valence-electron chi connectivity index (χ1n) is 5.90. The van der Waals surface area contributed by atoms with Gasteiger partial charge in [-0.05, 0) is 19.3 Å². The van der Waals surface area contributed by atoms with E-state index in [2.05, 4.69) is 29.1 Å². The van der Waals surface area contributed by atoms with E-state index in [1.54, 1.807) is 0 Å². The van der Waals surface area contributed by atoms with Crippen molar-refractivity contribution < 1.29 is 4.74 Å². The Morgan fingerprint density at radius 3 is 2.82 bits per heavy atom. The van der Waals surface area contributed by atoms with Gasteiger partial charge in [-0.15, -0.1) is 0 Å². The molecule has 0 aliphatic rings. The lowest BCUT2D eigenvalue weighted by atomic mass is 10.1. The summed E-state index contributed by atoms with van der Waals surface area (Å²) >= 11 is 5.89. The van der Waals surface area contributed by atoms with Gasteiger partial charge in [0, 0.05) is 18.7 Å². The van der Waals surface area contributed by atoms with Gasteiger partial charge in [0.15, 0.2) is 0 Å². The van der Waals surface area contributed by atoms with Crippen LogP contribution in [0.4, 0.5) is 5.82 Å². The maximum Gasteiger partial charge on any atom is 0.137 e. The van der Waals surface area contributed by atoms with Gasteiger partial charge in [-0.2, -0.15) is 0 Å². The molecule has 0 amide bonds. The van der Waals surface area contributed by atoms with Crippen molar-refractivity contribution in [1.82, 2.24) is 9.97 Å². The van der Waals surface area contributed by atoms with Crippen molar-refractivity contribution in [2.24, 2.45) is 5.92 Å². The summed E-state index contributed by atoms with van der Waals surface area (Å²) in [5.41, 5.74) is 0.872. The van der Waals surface area contributed by atoms with Crippen LogP contribution in [0.5, 0.6) is 0 Å². The van der Waals surface area contributed by atoms with Gasteiger partial charge >= 0.3 is 0 Å². The molecule has 0 aliphatic carbocycles. The third kappa shape index (κ3) is 5.33. The van der Waals surface area contributed by atoms with Gasteiger partial charge in [-0.3, -0.25) is 0 Å². The van der Waals surface area contributed by atoms with E-state index in [1.807, 2.05) is 6.92 Å². The van der Waals surface area contributed by atoms with Gasteiger partial charge < -0.3 is 10.1 Å². The Balaban J connectivity index is 2.20. The highest BCUT2D eigenvalue weighted by Crippen LogP contribution is 2.17. The summed E-state index contributed by atoms with van der Waals surface area (Å²) in [7, 11) is 0. The first-order valence-corrected chi connectivity index (χ1v) is 6.27. The maximum atomic E-state index is 5.89. The highest BCUT2D eigenvalue weighted by atomic mass is 35.5. The molecule has 5 heteroatoms. The Kier molecular flexibility index (Phi) is 6.22. The Labute approximate surface area is 108 Å². The van der Waals surface area contributed by atoms with Crippen molar-refractivity contribution in [1.29, 1.82) is 0 Å². The molecule has 96 valence electrons. The molecule has 0 spiro atoms. The number of halogens is 1. The number of ether oxygens (including phenoxy) is 1. The lowest BCUT2D eigenvalue weighted by Crippen LogP contribution is -2.12. The summed E-state index contributed by atoms with van der Waals surface area (Å²) < 4.78 is 5.50. The third-order valence-electron chi connectivity index (χ3n) is 2.40. The lowest BCUT2D eigenvalue weighted by molar-refractivity contribution is 0.132. The van der Waals surface area contributed by atoms with E-state index in [1.165, 1.54) is 6.33 Å². The standard InChI is InChI=1S/C12H20ClN3O/c1-9(2)4-6-17-7-5-14-12-10(3)11(13)15-8-16-12/h8-9H,4-7H2,1-3H3,(H,14,15,16). The van der Waals surface area contributed by atoms with Crippen molar-refractivity contribution in [3.63, 3.8) is 0 Å². The van der Waals surface area contributed by atoms with Crippen LogP contribution < -0.4 is 5.32 Å². The van der Waals surface area contributed by atoms with Gasteiger partial charge in [0.1, 0.15) is 17.3 Å². The monoisotopic (exact) mass is 257 g/mol. The number of aromatic nitrogens is 2. The molecule has 0 radical (unpaired) electrons. The fraction of sp³-hybridized carbons (Fsp3) is 0.667. The molecular formula is C12H20ClN3O. The number of hydrogen-bond donors (Lipinski definition) is 1. The topological polar surface area (TPSA) is 47.0 Å². The van der Waals surface area contributed by atoms with Crippen molar-refractivity contribution in [2.45, 2.75) is 27.2 Å². The number of anilines is 1. The molecule has 0 atom stereocenters. The first-order chi connectivity index (χ1) is 8.11. The molecule has 17 heavy (non-hydrogen) atoms. The van der Waals surface area contributed by atoms with Gasteiger partial charge in [-0.1, -0.05) is 25.4 Å². The van der Waals surface area contributed by atoms with E-state index in [4.69, 9.17) is 16.3 Å². The Hall–Kier alpha value is -0.870. The summed E-state index contributed by atoms with van der Waals surface area (Å²) in [5.74, 6) is 1.46. The van der Waals surface area contributed by atoms with Crippen LogP contribution in [-0.2, 0) is 4.74 Å². The first kappa shape index (κ1) is 14.2. The minimum atomic E-state index is 0.489. The molecule has 1 aromatic rings. The molecule has 0 saturated carbocycles. The molecule has 1 rings (SSSR count). The average Bonchev–Trinajstić information content (AvgIpc) is 2.28. The van der Waals surface area contributed by atoms with Crippen molar-refractivity contribution in [3.05, 3.63) is 17.0 Å². The molecule has 1 heterocycles. The van der Waals surface area contributed by atoms with Crippen LogP contribution in [0.15, 0.2) is 6.33 Å². The summed E-state index contributed by atoms with van der Waals surface area (Å²) in [6.45, 7) is 8.48. The van der Waals surface area contributed by atoms with Gasteiger partial charge in [0.05, 0.1) is 6.61 Å². The van der Waals surface area contributed by atoms with Crippen LogP contribution in [0.1, 0.15) is 25.8 Å². The van der Waals surface area contributed by atoms with E-state index in [0.717, 1.165) is 31.0 Å². The van der Waals surface area contributed by atoms with Crippen LogP contribution in [-0.4, -0.2) is 29.7 Å². The number of nitrogens with zero attached hydrogens (tertiary/aromatic N) is 2. The zero-order chi connectivity index (χ0) is 12.7. The molecule has 4 nitrogen and oxygen atoms in total. The van der Waals surface area contributed by atoms with Crippen molar-refractivity contribution in [2.75, 3.05) is 25.1 Å². The Bertz CT molecular complexity index is 345. The van der Waals surface area contributed by atoms with Crippen LogP contribution in [0.2, 0.25) is 5.15 Å². The summed E-state index contributed by atoms with van der Waals surface area (Å²) in [6, 6.07) is 0.